The third-order valence-corrected chi connectivity index (χ3v) is 2.41. The van der Waals surface area contributed by atoms with E-state index < -0.39 is 23.6 Å². The van der Waals surface area contributed by atoms with Crippen LogP contribution in [-0.4, -0.2) is 42.4 Å². The number of carbonyl (C=O) groups excluding carboxylic acids is 1. The Morgan fingerprint density at radius 2 is 2.00 bits per heavy atom. The summed E-state index contributed by atoms with van der Waals surface area (Å²) >= 11 is 0. The van der Waals surface area contributed by atoms with Gasteiger partial charge >= 0.3 is 12.0 Å². The second-order valence-corrected chi connectivity index (χ2v) is 4.95. The lowest BCUT2D eigenvalue weighted by molar-refractivity contribution is -0.139. The molecule has 0 aliphatic rings. The molecule has 0 rings (SSSR count). The SMILES string of the molecule is CCCCC(NC(=O)NC(C)(C)COC)C(=O)O. The number of carboxylic acids is 1. The van der Waals surface area contributed by atoms with Gasteiger partial charge in [-0.3, -0.25) is 0 Å². The molecule has 106 valence electrons. The largest absolute Gasteiger partial charge is 0.480 e. The number of unbranched alkanes of at least 4 members (excludes halogenated alkanes) is 1. The van der Waals surface area contributed by atoms with Crippen molar-refractivity contribution in [1.82, 2.24) is 10.6 Å². The maximum absolute atomic E-state index is 11.7. The van der Waals surface area contributed by atoms with Gasteiger partial charge in [0.05, 0.1) is 12.1 Å². The van der Waals surface area contributed by atoms with E-state index in [1.807, 2.05) is 6.92 Å². The van der Waals surface area contributed by atoms with Crippen molar-refractivity contribution >= 4 is 12.0 Å². The van der Waals surface area contributed by atoms with Crippen LogP contribution in [0.15, 0.2) is 0 Å². The first-order valence-electron chi connectivity index (χ1n) is 6.13. The smallest absolute Gasteiger partial charge is 0.326 e. The van der Waals surface area contributed by atoms with Crippen molar-refractivity contribution in [1.29, 1.82) is 0 Å². The van der Waals surface area contributed by atoms with E-state index >= 15 is 0 Å². The van der Waals surface area contributed by atoms with Crippen LogP contribution in [0, 0.1) is 0 Å². The summed E-state index contributed by atoms with van der Waals surface area (Å²) in [6.45, 7) is 5.93. The van der Waals surface area contributed by atoms with Crippen molar-refractivity contribution < 1.29 is 19.4 Å². The molecule has 0 spiro atoms. The number of methoxy groups -OCH3 is 1. The van der Waals surface area contributed by atoms with Crippen molar-refractivity contribution in [3.8, 4) is 0 Å². The van der Waals surface area contributed by atoms with Crippen molar-refractivity contribution in [2.75, 3.05) is 13.7 Å². The Labute approximate surface area is 108 Å². The van der Waals surface area contributed by atoms with Crippen LogP contribution in [0.1, 0.15) is 40.0 Å². The molecule has 0 radical (unpaired) electrons. The van der Waals surface area contributed by atoms with Crippen LogP contribution in [0.4, 0.5) is 4.79 Å². The van der Waals surface area contributed by atoms with Gasteiger partial charge in [0.1, 0.15) is 6.04 Å². The molecule has 0 aromatic carbocycles. The maximum atomic E-state index is 11.7. The van der Waals surface area contributed by atoms with Gasteiger partial charge in [-0.15, -0.1) is 0 Å². The van der Waals surface area contributed by atoms with Gasteiger partial charge in [-0.1, -0.05) is 19.8 Å². The number of ether oxygens (including phenoxy) is 1. The van der Waals surface area contributed by atoms with Crippen LogP contribution >= 0.6 is 0 Å². The number of urea groups is 1. The Morgan fingerprint density at radius 3 is 2.44 bits per heavy atom. The van der Waals surface area contributed by atoms with Crippen molar-refractivity contribution in [3.05, 3.63) is 0 Å². The predicted octanol–water partition coefficient (Wildman–Crippen LogP) is 1.35. The van der Waals surface area contributed by atoms with E-state index in [0.29, 0.717) is 13.0 Å². The van der Waals surface area contributed by atoms with Crippen molar-refractivity contribution in [2.24, 2.45) is 0 Å². The molecule has 0 saturated heterocycles. The molecule has 0 aliphatic carbocycles. The molecule has 0 fully saturated rings. The average Bonchev–Trinajstić information content (AvgIpc) is 2.22. The zero-order valence-corrected chi connectivity index (χ0v) is 11.6. The molecule has 2 amide bonds. The molecule has 18 heavy (non-hydrogen) atoms. The molecule has 1 unspecified atom stereocenters. The number of rotatable bonds is 8. The monoisotopic (exact) mass is 260 g/mol. The lowest BCUT2D eigenvalue weighted by Gasteiger charge is -2.26. The highest BCUT2D eigenvalue weighted by Crippen LogP contribution is 2.04. The highest BCUT2D eigenvalue weighted by atomic mass is 16.5. The molecule has 0 bridgehead atoms. The van der Waals surface area contributed by atoms with Crippen LogP contribution in [-0.2, 0) is 9.53 Å². The van der Waals surface area contributed by atoms with Crippen molar-refractivity contribution in [2.45, 2.75) is 51.6 Å². The van der Waals surface area contributed by atoms with E-state index in [1.165, 1.54) is 0 Å². The average molecular weight is 260 g/mol. The summed E-state index contributed by atoms with van der Waals surface area (Å²) in [5.74, 6) is -1.01. The Morgan fingerprint density at radius 1 is 1.39 bits per heavy atom. The zero-order valence-electron chi connectivity index (χ0n) is 11.6. The van der Waals surface area contributed by atoms with Crippen LogP contribution < -0.4 is 10.6 Å². The van der Waals surface area contributed by atoms with Gasteiger partial charge in [-0.05, 0) is 20.3 Å². The molecule has 0 heterocycles. The van der Waals surface area contributed by atoms with E-state index in [1.54, 1.807) is 21.0 Å². The first kappa shape index (κ1) is 16.7. The Hall–Kier alpha value is -1.30. The molecule has 0 aliphatic heterocycles. The first-order valence-corrected chi connectivity index (χ1v) is 6.13. The van der Waals surface area contributed by atoms with Gasteiger partial charge in [0, 0.05) is 7.11 Å². The predicted molar refractivity (Wildman–Crippen MR) is 68.6 cm³/mol. The molecular formula is C12H24N2O4. The fraction of sp³-hybridized carbons (Fsp3) is 0.833. The Balaban J connectivity index is 4.29. The van der Waals surface area contributed by atoms with Gasteiger partial charge in [0.15, 0.2) is 0 Å². The van der Waals surface area contributed by atoms with Gasteiger partial charge in [-0.25, -0.2) is 9.59 Å². The molecule has 0 saturated carbocycles. The minimum absolute atomic E-state index is 0.354. The number of hydrogen-bond donors (Lipinski definition) is 3. The normalized spacial score (nSPS) is 12.9. The summed E-state index contributed by atoms with van der Waals surface area (Å²) in [6, 6.07) is -1.33. The highest BCUT2D eigenvalue weighted by molar-refractivity contribution is 5.82. The second-order valence-electron chi connectivity index (χ2n) is 4.95. The highest BCUT2D eigenvalue weighted by Gasteiger charge is 2.24. The topological polar surface area (TPSA) is 87.7 Å². The van der Waals surface area contributed by atoms with E-state index in [9.17, 15) is 9.59 Å². The summed E-state index contributed by atoms with van der Waals surface area (Å²) in [4.78, 5) is 22.6. The lowest BCUT2D eigenvalue weighted by atomic mass is 10.1. The van der Waals surface area contributed by atoms with E-state index in [4.69, 9.17) is 9.84 Å². The zero-order chi connectivity index (χ0) is 14.2. The molecule has 1 atom stereocenters. The molecule has 6 heteroatoms. The second kappa shape index (κ2) is 7.92. The number of hydrogen-bond acceptors (Lipinski definition) is 3. The number of nitrogens with one attached hydrogen (secondary N) is 2. The van der Waals surface area contributed by atoms with E-state index in [-0.39, 0.29) is 0 Å². The molecular weight excluding hydrogens is 236 g/mol. The van der Waals surface area contributed by atoms with E-state index in [0.717, 1.165) is 12.8 Å². The minimum atomic E-state index is -1.01. The summed E-state index contributed by atoms with van der Waals surface area (Å²) in [7, 11) is 1.54. The van der Waals surface area contributed by atoms with Gasteiger partial charge in [-0.2, -0.15) is 0 Å². The summed E-state index contributed by atoms with van der Waals surface area (Å²) in [6.07, 6.45) is 2.09. The fourth-order valence-corrected chi connectivity index (χ4v) is 1.56. The molecule has 0 aromatic rings. The third-order valence-electron chi connectivity index (χ3n) is 2.41. The minimum Gasteiger partial charge on any atom is -0.480 e. The standard InChI is InChI=1S/C12H24N2O4/c1-5-6-7-9(10(15)16)13-11(17)14-12(2,3)8-18-4/h9H,5-8H2,1-4H3,(H,15,16)(H2,13,14,17). The quantitative estimate of drug-likeness (QED) is 0.615. The third kappa shape index (κ3) is 7.11. The fourth-order valence-electron chi connectivity index (χ4n) is 1.56. The first-order chi connectivity index (χ1) is 8.32. The van der Waals surface area contributed by atoms with Crippen LogP contribution in [0.2, 0.25) is 0 Å². The Kier molecular flexibility index (Phi) is 7.35. The summed E-state index contributed by atoms with van der Waals surface area (Å²) in [5, 5.41) is 14.1. The molecule has 6 nitrogen and oxygen atoms in total. The number of carbonyl (C=O) groups is 2. The molecule has 3 N–H and O–H groups in total. The summed E-state index contributed by atoms with van der Waals surface area (Å²) in [5.41, 5.74) is -0.535. The number of aliphatic carboxylic acids is 1. The van der Waals surface area contributed by atoms with Crippen molar-refractivity contribution in [3.63, 3.8) is 0 Å². The van der Waals surface area contributed by atoms with Gasteiger partial charge in [0.25, 0.3) is 0 Å². The van der Waals surface area contributed by atoms with Gasteiger partial charge < -0.3 is 20.5 Å². The molecule has 0 aromatic heterocycles. The maximum Gasteiger partial charge on any atom is 0.326 e. The van der Waals surface area contributed by atoms with E-state index in [2.05, 4.69) is 10.6 Å². The van der Waals surface area contributed by atoms with Crippen LogP contribution in [0.5, 0.6) is 0 Å². The lowest BCUT2D eigenvalue weighted by Crippen LogP contribution is -2.54. The Bertz CT molecular complexity index is 279. The van der Waals surface area contributed by atoms with Gasteiger partial charge in [0.2, 0.25) is 0 Å². The summed E-state index contributed by atoms with van der Waals surface area (Å²) < 4.78 is 4.97. The van der Waals surface area contributed by atoms with Crippen LogP contribution in [0.25, 0.3) is 0 Å². The number of amides is 2. The van der Waals surface area contributed by atoms with Crippen LogP contribution in [0.3, 0.4) is 0 Å². The number of carboxylic acid groups (broad SMARTS) is 1.